The van der Waals surface area contributed by atoms with Crippen LogP contribution in [-0.2, 0) is 4.79 Å². The molecular weight excluding hydrogens is 714 g/mol. The summed E-state index contributed by atoms with van der Waals surface area (Å²) in [5.41, 5.74) is 3.62. The van der Waals surface area contributed by atoms with E-state index < -0.39 is 17.8 Å². The Morgan fingerprint density at radius 1 is 0.846 bits per heavy atom. The molecule has 0 saturated heterocycles. The molecule has 2 N–H and O–H groups in total. The summed E-state index contributed by atoms with van der Waals surface area (Å²) in [6, 6.07) is 22.4. The second-order valence-electron chi connectivity index (χ2n) is 7.80. The predicted octanol–water partition coefficient (Wildman–Crippen LogP) is 7.18. The van der Waals surface area contributed by atoms with E-state index in [1.807, 2.05) is 17.5 Å². The molecule has 39 heavy (non-hydrogen) atoms. The molecule has 0 aliphatic heterocycles. The van der Waals surface area contributed by atoms with Crippen LogP contribution in [0.5, 0.6) is 5.75 Å². The van der Waals surface area contributed by atoms with Gasteiger partial charge in [-0.1, -0.05) is 62.2 Å². The molecule has 1 heterocycles. The van der Waals surface area contributed by atoms with Gasteiger partial charge in [0, 0.05) is 24.9 Å². The Labute approximate surface area is 253 Å². The zero-order valence-electron chi connectivity index (χ0n) is 19.9. The van der Waals surface area contributed by atoms with E-state index in [4.69, 9.17) is 4.74 Å². The first kappa shape index (κ1) is 28.6. The van der Waals surface area contributed by atoms with E-state index in [-0.39, 0.29) is 11.4 Å². The molecule has 0 aliphatic rings. The van der Waals surface area contributed by atoms with Crippen LogP contribution in [0.1, 0.15) is 31.2 Å². The number of halogens is 3. The van der Waals surface area contributed by atoms with Crippen LogP contribution in [0, 0.1) is 0 Å². The minimum atomic E-state index is -0.634. The van der Waals surface area contributed by atoms with Crippen molar-refractivity contribution in [3.63, 3.8) is 0 Å². The molecule has 0 atom stereocenters. The van der Waals surface area contributed by atoms with E-state index in [1.54, 1.807) is 72.8 Å². The van der Waals surface area contributed by atoms with E-state index >= 15 is 0 Å². The highest BCUT2D eigenvalue weighted by Gasteiger charge is 2.17. The number of carbonyl (C=O) groups excluding carboxylic acids is 3. The molecule has 0 saturated carbocycles. The van der Waals surface area contributed by atoms with Crippen LogP contribution in [0.25, 0.3) is 6.08 Å². The lowest BCUT2D eigenvalue weighted by Gasteiger charge is -2.11. The predicted molar refractivity (Wildman–Crippen MR) is 163 cm³/mol. The minimum absolute atomic E-state index is 0.0141. The first-order valence-electron chi connectivity index (χ1n) is 11.2. The highest BCUT2D eigenvalue weighted by atomic mass is 79.9. The van der Waals surface area contributed by atoms with E-state index in [0.717, 1.165) is 9.35 Å². The van der Waals surface area contributed by atoms with Gasteiger partial charge in [-0.05, 0) is 75.9 Å². The number of benzene rings is 3. The van der Waals surface area contributed by atoms with Gasteiger partial charge in [0.1, 0.15) is 5.70 Å². The number of hydrogen-bond donors (Lipinski definition) is 2. The van der Waals surface area contributed by atoms with Crippen LogP contribution >= 0.6 is 59.1 Å². The molecular formula is C28H18Br3N3O4S. The number of amides is 2. The van der Waals surface area contributed by atoms with Crippen LogP contribution in [0.2, 0.25) is 0 Å². The average Bonchev–Trinajstić information content (AvgIpc) is 3.43. The SMILES string of the molecule is O=C(N/N=C\c1cc(Br)cc(Br)c1OC(=O)c1cccc(Br)c1)/C(=C\c1cccs1)NC(=O)c1ccccc1. The Balaban J connectivity index is 1.54. The van der Waals surface area contributed by atoms with Gasteiger partial charge in [0.25, 0.3) is 11.8 Å². The number of carbonyl (C=O) groups is 3. The monoisotopic (exact) mass is 729 g/mol. The Morgan fingerprint density at radius 3 is 2.33 bits per heavy atom. The Kier molecular flexibility index (Phi) is 9.99. The number of hydrazone groups is 1. The highest BCUT2D eigenvalue weighted by Crippen LogP contribution is 2.33. The van der Waals surface area contributed by atoms with Gasteiger partial charge in [0.05, 0.1) is 16.3 Å². The van der Waals surface area contributed by atoms with Gasteiger partial charge in [-0.25, -0.2) is 10.2 Å². The maximum absolute atomic E-state index is 13.0. The third kappa shape index (κ3) is 8.06. The zero-order chi connectivity index (χ0) is 27.8. The molecule has 0 radical (unpaired) electrons. The van der Waals surface area contributed by atoms with Gasteiger partial charge in [-0.15, -0.1) is 11.3 Å². The number of nitrogens with one attached hydrogen (secondary N) is 2. The Morgan fingerprint density at radius 2 is 1.62 bits per heavy atom. The second-order valence-corrected chi connectivity index (χ2v) is 11.5. The van der Waals surface area contributed by atoms with Crippen LogP contribution in [0.3, 0.4) is 0 Å². The van der Waals surface area contributed by atoms with Crippen molar-refractivity contribution in [3.8, 4) is 5.75 Å². The van der Waals surface area contributed by atoms with Crippen molar-refractivity contribution in [1.29, 1.82) is 0 Å². The van der Waals surface area contributed by atoms with Crippen molar-refractivity contribution in [3.05, 3.63) is 125 Å². The summed E-state index contributed by atoms with van der Waals surface area (Å²) < 4.78 is 7.58. The first-order chi connectivity index (χ1) is 18.8. The van der Waals surface area contributed by atoms with E-state index in [2.05, 4.69) is 63.6 Å². The highest BCUT2D eigenvalue weighted by molar-refractivity contribution is 9.11. The number of nitrogens with zero attached hydrogens (tertiary/aromatic N) is 1. The van der Waals surface area contributed by atoms with Crippen LogP contribution in [0.4, 0.5) is 0 Å². The molecule has 7 nitrogen and oxygen atoms in total. The van der Waals surface area contributed by atoms with E-state index in [0.29, 0.717) is 25.6 Å². The van der Waals surface area contributed by atoms with Gasteiger partial charge in [-0.2, -0.15) is 5.10 Å². The topological polar surface area (TPSA) is 96.9 Å². The largest absolute Gasteiger partial charge is 0.421 e. The number of thiophene rings is 1. The van der Waals surface area contributed by atoms with Gasteiger partial charge >= 0.3 is 5.97 Å². The van der Waals surface area contributed by atoms with Gasteiger partial charge in [-0.3, -0.25) is 9.59 Å². The van der Waals surface area contributed by atoms with Crippen LogP contribution in [0.15, 0.2) is 108 Å². The molecule has 0 fully saturated rings. The molecule has 0 unspecified atom stereocenters. The van der Waals surface area contributed by atoms with E-state index in [9.17, 15) is 14.4 Å². The molecule has 196 valence electrons. The lowest BCUT2D eigenvalue weighted by molar-refractivity contribution is -0.117. The summed E-state index contributed by atoms with van der Waals surface area (Å²) in [5, 5.41) is 8.57. The third-order valence-electron chi connectivity index (χ3n) is 5.02. The summed E-state index contributed by atoms with van der Waals surface area (Å²) in [6.07, 6.45) is 2.91. The fraction of sp³-hybridized carbons (Fsp3) is 0. The van der Waals surface area contributed by atoms with Gasteiger partial charge in [0.2, 0.25) is 0 Å². The van der Waals surface area contributed by atoms with Crippen LogP contribution in [-0.4, -0.2) is 24.0 Å². The smallest absolute Gasteiger partial charge is 0.343 e. The second kappa shape index (κ2) is 13.6. The number of ether oxygens (including phenoxy) is 1. The molecule has 0 spiro atoms. The van der Waals surface area contributed by atoms with Crippen molar-refractivity contribution in [2.75, 3.05) is 0 Å². The molecule has 4 aromatic rings. The fourth-order valence-electron chi connectivity index (χ4n) is 3.23. The molecule has 2 amide bonds. The van der Waals surface area contributed by atoms with Crippen LogP contribution < -0.4 is 15.5 Å². The quantitative estimate of drug-likeness (QED) is 0.0660. The number of rotatable bonds is 8. The number of esters is 1. The number of hydrogen-bond acceptors (Lipinski definition) is 6. The summed E-state index contributed by atoms with van der Waals surface area (Å²) >= 11 is 11.6. The summed E-state index contributed by atoms with van der Waals surface area (Å²) in [4.78, 5) is 39.3. The Hall–Kier alpha value is -3.38. The minimum Gasteiger partial charge on any atom is -0.421 e. The van der Waals surface area contributed by atoms with Crippen molar-refractivity contribution in [1.82, 2.24) is 10.7 Å². The first-order valence-corrected chi connectivity index (χ1v) is 14.5. The van der Waals surface area contributed by atoms with Gasteiger partial charge in [0.15, 0.2) is 5.75 Å². The Bertz CT molecular complexity index is 1570. The summed E-state index contributed by atoms with van der Waals surface area (Å²) in [6.45, 7) is 0. The van der Waals surface area contributed by atoms with Gasteiger partial charge < -0.3 is 10.1 Å². The lowest BCUT2D eigenvalue weighted by atomic mass is 10.2. The van der Waals surface area contributed by atoms with Crippen molar-refractivity contribution < 1.29 is 19.1 Å². The fourth-order valence-corrected chi connectivity index (χ4v) is 5.63. The van der Waals surface area contributed by atoms with Crippen molar-refractivity contribution >= 4 is 89.2 Å². The maximum Gasteiger partial charge on any atom is 0.343 e. The maximum atomic E-state index is 13.0. The molecule has 0 bridgehead atoms. The molecule has 0 aliphatic carbocycles. The summed E-state index contributed by atoms with van der Waals surface area (Å²) in [5.74, 6) is -1.42. The molecule has 3 aromatic carbocycles. The molecule has 1 aromatic heterocycles. The zero-order valence-corrected chi connectivity index (χ0v) is 25.4. The third-order valence-corrected chi connectivity index (χ3v) is 7.38. The van der Waals surface area contributed by atoms with Crippen molar-refractivity contribution in [2.24, 2.45) is 5.10 Å². The van der Waals surface area contributed by atoms with Crippen molar-refractivity contribution in [2.45, 2.75) is 0 Å². The summed E-state index contributed by atoms with van der Waals surface area (Å²) in [7, 11) is 0. The van der Waals surface area contributed by atoms with E-state index in [1.165, 1.54) is 17.6 Å². The standard InChI is InChI=1S/C28H18Br3N3O4S/c29-20-9-4-8-18(12-20)28(37)38-25-19(13-21(30)14-23(25)31)16-32-34-27(36)24(15-22-10-5-11-39-22)33-26(35)17-6-2-1-3-7-17/h1-16H,(H,33,35)(H,34,36)/b24-15+,32-16-. The average molecular weight is 732 g/mol. The normalized spacial score (nSPS) is 11.3. The molecule has 11 heteroatoms. The molecule has 4 rings (SSSR count). The lowest BCUT2D eigenvalue weighted by Crippen LogP contribution is -2.32.